The summed E-state index contributed by atoms with van der Waals surface area (Å²) in [6.45, 7) is 5.75. The van der Waals surface area contributed by atoms with E-state index in [0.717, 1.165) is 23.2 Å². The first kappa shape index (κ1) is 14.7. The largest absolute Gasteiger partial charge is 0.376 e. The highest BCUT2D eigenvalue weighted by molar-refractivity contribution is 5.94. The fourth-order valence-corrected chi connectivity index (χ4v) is 2.64. The minimum absolute atomic E-state index is 0.155. The number of nitrogens with zero attached hydrogens (tertiary/aromatic N) is 3. The van der Waals surface area contributed by atoms with Crippen molar-refractivity contribution in [3.8, 4) is 0 Å². The Balaban J connectivity index is 1.80. The number of fused-ring (bicyclic) bond motifs is 1. The van der Waals surface area contributed by atoms with Gasteiger partial charge in [-0.15, -0.1) is 0 Å². The molecule has 6 nitrogen and oxygen atoms in total. The number of aromatic nitrogens is 3. The van der Waals surface area contributed by atoms with Crippen molar-refractivity contribution < 1.29 is 9.53 Å². The number of hydrogen-bond acceptors (Lipinski definition) is 4. The quantitative estimate of drug-likeness (QED) is 0.936. The van der Waals surface area contributed by atoms with Crippen LogP contribution in [0, 0.1) is 0 Å². The van der Waals surface area contributed by atoms with Gasteiger partial charge < -0.3 is 10.1 Å². The first-order chi connectivity index (χ1) is 10.7. The van der Waals surface area contributed by atoms with Gasteiger partial charge in [0.15, 0.2) is 5.69 Å². The molecule has 0 unspecified atom stereocenters. The summed E-state index contributed by atoms with van der Waals surface area (Å²) < 4.78 is 7.44. The van der Waals surface area contributed by atoms with E-state index in [9.17, 15) is 4.79 Å². The van der Waals surface area contributed by atoms with Crippen LogP contribution in [0.25, 0.3) is 0 Å². The first-order valence-electron chi connectivity index (χ1n) is 7.52. The predicted octanol–water partition coefficient (Wildman–Crippen LogP) is 1.86. The molecule has 6 heteroatoms. The average molecular weight is 300 g/mol. The summed E-state index contributed by atoms with van der Waals surface area (Å²) in [4.78, 5) is 16.4. The van der Waals surface area contributed by atoms with Gasteiger partial charge in [-0.25, -0.2) is 0 Å². The van der Waals surface area contributed by atoms with Gasteiger partial charge in [0.1, 0.15) is 0 Å². The Morgan fingerprint density at radius 1 is 1.41 bits per heavy atom. The Hall–Kier alpha value is -2.21. The lowest BCUT2D eigenvalue weighted by molar-refractivity contribution is 0.0922. The first-order valence-corrected chi connectivity index (χ1v) is 7.52. The predicted molar refractivity (Wildman–Crippen MR) is 81.4 cm³/mol. The van der Waals surface area contributed by atoms with Crippen LogP contribution in [0.2, 0.25) is 0 Å². The number of ether oxygens (including phenoxy) is 1. The molecule has 1 amide bonds. The molecule has 1 aliphatic heterocycles. The fourth-order valence-electron chi connectivity index (χ4n) is 2.64. The van der Waals surface area contributed by atoms with Crippen molar-refractivity contribution in [2.75, 3.05) is 6.61 Å². The molecular formula is C16H20N4O2. The highest BCUT2D eigenvalue weighted by atomic mass is 16.5. The Morgan fingerprint density at radius 3 is 2.91 bits per heavy atom. The molecule has 1 aliphatic rings. The van der Waals surface area contributed by atoms with Gasteiger partial charge in [-0.3, -0.25) is 14.5 Å². The van der Waals surface area contributed by atoms with Gasteiger partial charge in [-0.05, 0) is 31.5 Å². The molecule has 2 aromatic heterocycles. The van der Waals surface area contributed by atoms with Crippen LogP contribution in [-0.4, -0.2) is 27.3 Å². The molecule has 22 heavy (non-hydrogen) atoms. The fraction of sp³-hybridized carbons (Fsp3) is 0.438. The van der Waals surface area contributed by atoms with Crippen LogP contribution in [0.3, 0.4) is 0 Å². The molecule has 0 aliphatic carbocycles. The molecule has 3 rings (SSSR count). The second-order valence-electron chi connectivity index (χ2n) is 5.65. The van der Waals surface area contributed by atoms with Crippen LogP contribution >= 0.6 is 0 Å². The topological polar surface area (TPSA) is 69.0 Å². The van der Waals surface area contributed by atoms with Crippen LogP contribution in [0.5, 0.6) is 0 Å². The average Bonchev–Trinajstić information content (AvgIpc) is 2.93. The number of carbonyl (C=O) groups excluding carboxylic acids is 1. The summed E-state index contributed by atoms with van der Waals surface area (Å²) in [5.41, 5.74) is 3.54. The standard InChI is InChI=1S/C16H20N4O2/c1-11(2)20-14-5-8-22-10-13(14)15(19-20)16(21)18-9-12-3-6-17-7-4-12/h3-4,6-7,11H,5,8-10H2,1-2H3,(H,18,21). The highest BCUT2D eigenvalue weighted by Gasteiger charge is 2.26. The van der Waals surface area contributed by atoms with E-state index in [4.69, 9.17) is 4.74 Å². The molecule has 116 valence electrons. The van der Waals surface area contributed by atoms with Gasteiger partial charge in [-0.2, -0.15) is 5.10 Å². The number of nitrogens with one attached hydrogen (secondary N) is 1. The van der Waals surface area contributed by atoms with Crippen molar-refractivity contribution >= 4 is 5.91 Å². The SMILES string of the molecule is CC(C)n1nc(C(=O)NCc2ccncc2)c2c1CCOC2. The van der Waals surface area contributed by atoms with Gasteiger partial charge in [0.25, 0.3) is 5.91 Å². The van der Waals surface area contributed by atoms with Crippen LogP contribution < -0.4 is 5.32 Å². The lowest BCUT2D eigenvalue weighted by atomic mass is 10.1. The summed E-state index contributed by atoms with van der Waals surface area (Å²) in [5, 5.41) is 7.44. The van der Waals surface area contributed by atoms with Crippen LogP contribution in [0.1, 0.15) is 47.2 Å². The molecule has 0 fully saturated rings. The van der Waals surface area contributed by atoms with E-state index in [-0.39, 0.29) is 11.9 Å². The number of carbonyl (C=O) groups is 1. The molecule has 2 aromatic rings. The molecule has 0 atom stereocenters. The van der Waals surface area contributed by atoms with E-state index < -0.39 is 0 Å². The third-order valence-corrected chi connectivity index (χ3v) is 3.75. The van der Waals surface area contributed by atoms with E-state index in [0.29, 0.717) is 25.5 Å². The zero-order valence-corrected chi connectivity index (χ0v) is 12.9. The van der Waals surface area contributed by atoms with Crippen molar-refractivity contribution in [3.05, 3.63) is 47.0 Å². The van der Waals surface area contributed by atoms with E-state index in [2.05, 4.69) is 29.2 Å². The minimum atomic E-state index is -0.155. The molecule has 0 saturated heterocycles. The molecule has 0 saturated carbocycles. The zero-order chi connectivity index (χ0) is 15.5. The number of pyridine rings is 1. The Morgan fingerprint density at radius 2 is 2.18 bits per heavy atom. The highest BCUT2D eigenvalue weighted by Crippen LogP contribution is 2.23. The number of rotatable bonds is 4. The van der Waals surface area contributed by atoms with Crippen molar-refractivity contribution in [1.82, 2.24) is 20.1 Å². The molecule has 0 aromatic carbocycles. The lowest BCUT2D eigenvalue weighted by Gasteiger charge is -2.16. The van der Waals surface area contributed by atoms with E-state index >= 15 is 0 Å². The summed E-state index contributed by atoms with van der Waals surface area (Å²) in [6.07, 6.45) is 4.23. The lowest BCUT2D eigenvalue weighted by Crippen LogP contribution is -2.25. The molecule has 1 N–H and O–H groups in total. The van der Waals surface area contributed by atoms with Gasteiger partial charge in [-0.1, -0.05) is 0 Å². The maximum absolute atomic E-state index is 12.5. The Labute approximate surface area is 129 Å². The van der Waals surface area contributed by atoms with Crippen LogP contribution in [0.15, 0.2) is 24.5 Å². The van der Waals surface area contributed by atoms with Gasteiger partial charge in [0.2, 0.25) is 0 Å². The molecule has 0 radical (unpaired) electrons. The van der Waals surface area contributed by atoms with Crippen LogP contribution in [0.4, 0.5) is 0 Å². The van der Waals surface area contributed by atoms with Crippen molar-refractivity contribution in [2.24, 2.45) is 0 Å². The maximum Gasteiger partial charge on any atom is 0.272 e. The van der Waals surface area contributed by atoms with Gasteiger partial charge in [0, 0.05) is 42.7 Å². The maximum atomic E-state index is 12.5. The summed E-state index contributed by atoms with van der Waals surface area (Å²) in [6, 6.07) is 3.99. The number of hydrogen-bond donors (Lipinski definition) is 1. The second kappa shape index (κ2) is 6.27. The molecular weight excluding hydrogens is 280 g/mol. The van der Waals surface area contributed by atoms with Crippen molar-refractivity contribution in [3.63, 3.8) is 0 Å². The van der Waals surface area contributed by atoms with Gasteiger partial charge in [0.05, 0.1) is 13.2 Å². The Bertz CT molecular complexity index is 664. The smallest absolute Gasteiger partial charge is 0.272 e. The number of amides is 1. The van der Waals surface area contributed by atoms with Gasteiger partial charge >= 0.3 is 0 Å². The summed E-state index contributed by atoms with van der Waals surface area (Å²) in [5.74, 6) is -0.155. The van der Waals surface area contributed by atoms with Crippen molar-refractivity contribution in [1.29, 1.82) is 0 Å². The van der Waals surface area contributed by atoms with Crippen molar-refractivity contribution in [2.45, 2.75) is 39.5 Å². The third-order valence-electron chi connectivity index (χ3n) is 3.75. The van der Waals surface area contributed by atoms with E-state index in [1.165, 1.54) is 0 Å². The van der Waals surface area contributed by atoms with Crippen LogP contribution in [-0.2, 0) is 24.3 Å². The van der Waals surface area contributed by atoms with E-state index in [1.54, 1.807) is 12.4 Å². The second-order valence-corrected chi connectivity index (χ2v) is 5.65. The molecule has 3 heterocycles. The molecule has 0 spiro atoms. The normalized spacial score (nSPS) is 14.0. The summed E-state index contributed by atoms with van der Waals surface area (Å²) >= 11 is 0. The monoisotopic (exact) mass is 300 g/mol. The third kappa shape index (κ3) is 2.87. The zero-order valence-electron chi connectivity index (χ0n) is 12.9. The molecule has 0 bridgehead atoms. The minimum Gasteiger partial charge on any atom is -0.376 e. The Kier molecular flexibility index (Phi) is 4.20. The van der Waals surface area contributed by atoms with E-state index in [1.807, 2.05) is 16.8 Å². The summed E-state index contributed by atoms with van der Waals surface area (Å²) in [7, 11) is 0.